The van der Waals surface area contributed by atoms with Crippen LogP contribution in [0.4, 0.5) is 0 Å². The molecule has 2 heterocycles. The van der Waals surface area contributed by atoms with E-state index in [-0.39, 0.29) is 16.7 Å². The third-order valence-electron chi connectivity index (χ3n) is 7.69. The van der Waals surface area contributed by atoms with Gasteiger partial charge in [-0.3, -0.25) is 4.79 Å². The lowest BCUT2D eigenvalue weighted by Gasteiger charge is -2.39. The maximum absolute atomic E-state index is 14.0. The second-order valence-electron chi connectivity index (χ2n) is 11.6. The number of rotatable bonds is 3. The van der Waals surface area contributed by atoms with Crippen LogP contribution in [0.5, 0.6) is 0 Å². The number of aryl methyl sites for hydroxylation is 3. The second kappa shape index (κ2) is 7.58. The molecule has 1 aromatic heterocycles. The van der Waals surface area contributed by atoms with Gasteiger partial charge in [0.25, 0.3) is 5.91 Å². The summed E-state index contributed by atoms with van der Waals surface area (Å²) in [5.74, 6) is 0.101. The third-order valence-corrected chi connectivity index (χ3v) is 7.69. The van der Waals surface area contributed by atoms with E-state index in [0.29, 0.717) is 11.7 Å². The molecule has 172 valence electrons. The van der Waals surface area contributed by atoms with Crippen molar-refractivity contribution >= 4 is 5.91 Å². The summed E-state index contributed by atoms with van der Waals surface area (Å²) in [5, 5.41) is 4.94. The third kappa shape index (κ3) is 4.01. The van der Waals surface area contributed by atoms with Crippen LogP contribution in [0, 0.1) is 31.6 Å². The van der Waals surface area contributed by atoms with E-state index in [4.69, 9.17) is 5.10 Å². The Bertz CT molecular complexity index is 1220. The van der Waals surface area contributed by atoms with Crippen molar-refractivity contribution in [1.29, 1.82) is 0 Å². The summed E-state index contributed by atoms with van der Waals surface area (Å²) >= 11 is 0. The summed E-state index contributed by atoms with van der Waals surface area (Å²) in [5.41, 5.74) is 7.62. The van der Waals surface area contributed by atoms with Crippen LogP contribution in [-0.4, -0.2) is 33.2 Å². The predicted octanol–water partition coefficient (Wildman–Crippen LogP) is 6.51. The minimum absolute atomic E-state index is 0.101. The smallest absolute Gasteiger partial charge is 0.272 e. The van der Waals surface area contributed by atoms with Crippen molar-refractivity contribution in [3.63, 3.8) is 0 Å². The zero-order valence-corrected chi connectivity index (χ0v) is 20.8. The maximum Gasteiger partial charge on any atom is 0.272 e. The summed E-state index contributed by atoms with van der Waals surface area (Å²) in [7, 11) is 0. The van der Waals surface area contributed by atoms with E-state index in [0.717, 1.165) is 36.3 Å². The van der Waals surface area contributed by atoms with Gasteiger partial charge in [0.2, 0.25) is 0 Å². The lowest BCUT2D eigenvalue weighted by molar-refractivity contribution is 0.0699. The van der Waals surface area contributed by atoms with Gasteiger partial charge in [-0.15, -0.1) is 0 Å². The number of likely N-dealkylation sites (tertiary alicyclic amines) is 1. The highest BCUT2D eigenvalue weighted by Gasteiger charge is 2.51. The standard InChI is InChI=1S/C29H35N3O/c1-19-7-11-23(12-8-19)32-26(14-25(30-32)22-10-9-20(2)21(3)13-22)27(33)31-18-29(6)16-24(31)15-28(4,5)17-29/h7-14,24H,15-18H2,1-6H3. The first-order valence-corrected chi connectivity index (χ1v) is 12.1. The quantitative estimate of drug-likeness (QED) is 0.465. The van der Waals surface area contributed by atoms with E-state index < -0.39 is 0 Å². The molecule has 2 fully saturated rings. The lowest BCUT2D eigenvalue weighted by Crippen LogP contribution is -2.38. The van der Waals surface area contributed by atoms with Crippen LogP contribution in [0.2, 0.25) is 0 Å². The first kappa shape index (κ1) is 21.9. The van der Waals surface area contributed by atoms with Crippen molar-refractivity contribution in [2.75, 3.05) is 6.54 Å². The Morgan fingerprint density at radius 2 is 1.67 bits per heavy atom. The van der Waals surface area contributed by atoms with E-state index in [9.17, 15) is 4.79 Å². The average molecular weight is 442 g/mol. The molecule has 0 spiro atoms. The van der Waals surface area contributed by atoms with Gasteiger partial charge in [0.15, 0.2) is 0 Å². The highest BCUT2D eigenvalue weighted by Crippen LogP contribution is 2.52. The van der Waals surface area contributed by atoms with Crippen molar-refractivity contribution in [3.05, 3.63) is 70.9 Å². The molecule has 1 saturated heterocycles. The molecular formula is C29H35N3O. The Labute approximate surface area is 197 Å². The van der Waals surface area contributed by atoms with Gasteiger partial charge in [-0.2, -0.15) is 5.10 Å². The fourth-order valence-corrected chi connectivity index (χ4v) is 6.30. The Morgan fingerprint density at radius 3 is 2.36 bits per heavy atom. The first-order chi connectivity index (χ1) is 15.5. The van der Waals surface area contributed by atoms with Crippen LogP contribution in [0.15, 0.2) is 48.5 Å². The van der Waals surface area contributed by atoms with Crippen LogP contribution in [0.1, 0.15) is 67.2 Å². The molecule has 2 bridgehead atoms. The fourth-order valence-electron chi connectivity index (χ4n) is 6.30. The number of amides is 1. The van der Waals surface area contributed by atoms with Crippen molar-refractivity contribution in [1.82, 2.24) is 14.7 Å². The molecule has 1 amide bonds. The Morgan fingerprint density at radius 1 is 0.939 bits per heavy atom. The molecule has 1 saturated carbocycles. The molecular weight excluding hydrogens is 406 g/mol. The molecule has 4 nitrogen and oxygen atoms in total. The van der Waals surface area contributed by atoms with Crippen LogP contribution in [-0.2, 0) is 0 Å². The zero-order valence-electron chi connectivity index (χ0n) is 20.8. The van der Waals surface area contributed by atoms with Gasteiger partial charge < -0.3 is 4.90 Å². The average Bonchev–Trinajstić information content (AvgIpc) is 3.28. The van der Waals surface area contributed by atoms with E-state index in [1.807, 2.05) is 10.7 Å². The number of carbonyl (C=O) groups excluding carboxylic acids is 1. The zero-order chi connectivity index (χ0) is 23.5. The molecule has 2 aliphatic rings. The highest BCUT2D eigenvalue weighted by molar-refractivity contribution is 5.95. The summed E-state index contributed by atoms with van der Waals surface area (Å²) < 4.78 is 1.85. The van der Waals surface area contributed by atoms with E-state index >= 15 is 0 Å². The van der Waals surface area contributed by atoms with Gasteiger partial charge >= 0.3 is 0 Å². The molecule has 0 radical (unpaired) electrons. The van der Waals surface area contributed by atoms with E-state index in [1.165, 1.54) is 23.1 Å². The number of hydrogen-bond donors (Lipinski definition) is 0. The topological polar surface area (TPSA) is 38.1 Å². The number of nitrogens with zero attached hydrogens (tertiary/aromatic N) is 3. The number of fused-ring (bicyclic) bond motifs is 2. The first-order valence-electron chi connectivity index (χ1n) is 12.1. The second-order valence-corrected chi connectivity index (χ2v) is 11.6. The van der Waals surface area contributed by atoms with Crippen molar-refractivity contribution < 1.29 is 4.79 Å². The van der Waals surface area contributed by atoms with Crippen LogP contribution in [0.25, 0.3) is 16.9 Å². The molecule has 2 aromatic carbocycles. The van der Waals surface area contributed by atoms with Gasteiger partial charge in [-0.05, 0) is 86.3 Å². The van der Waals surface area contributed by atoms with Gasteiger partial charge in [-0.25, -0.2) is 4.68 Å². The van der Waals surface area contributed by atoms with Gasteiger partial charge in [0, 0.05) is 18.2 Å². The largest absolute Gasteiger partial charge is 0.334 e. The normalized spacial score (nSPS) is 23.7. The predicted molar refractivity (Wildman–Crippen MR) is 134 cm³/mol. The highest BCUT2D eigenvalue weighted by atomic mass is 16.2. The number of aromatic nitrogens is 2. The monoisotopic (exact) mass is 441 g/mol. The molecule has 0 N–H and O–H groups in total. The molecule has 2 atom stereocenters. The summed E-state index contributed by atoms with van der Waals surface area (Å²) in [6.07, 6.45) is 3.34. The fraction of sp³-hybridized carbons (Fsp3) is 0.448. The minimum Gasteiger partial charge on any atom is -0.334 e. The van der Waals surface area contributed by atoms with Crippen LogP contribution in [0.3, 0.4) is 0 Å². The Balaban J connectivity index is 1.58. The molecule has 5 rings (SSSR count). The molecule has 1 aliphatic heterocycles. The molecule has 2 unspecified atom stereocenters. The molecule has 33 heavy (non-hydrogen) atoms. The maximum atomic E-state index is 14.0. The Kier molecular flexibility index (Phi) is 5.04. The summed E-state index contributed by atoms with van der Waals surface area (Å²) in [4.78, 5) is 16.2. The van der Waals surface area contributed by atoms with E-state index in [2.05, 4.69) is 88.9 Å². The van der Waals surface area contributed by atoms with Crippen LogP contribution < -0.4 is 0 Å². The molecule has 1 aliphatic carbocycles. The number of hydrogen-bond acceptors (Lipinski definition) is 2. The SMILES string of the molecule is Cc1ccc(-n2nc(-c3ccc(C)c(C)c3)cc2C(=O)N2CC3(C)CC2CC(C)(C)C3)cc1. The van der Waals surface area contributed by atoms with Gasteiger partial charge in [-0.1, -0.05) is 50.6 Å². The van der Waals surface area contributed by atoms with Gasteiger partial charge in [0.05, 0.1) is 11.4 Å². The number of carbonyl (C=O) groups is 1. The van der Waals surface area contributed by atoms with Crippen molar-refractivity contribution in [3.8, 4) is 16.9 Å². The minimum atomic E-state index is 0.101. The van der Waals surface area contributed by atoms with Crippen molar-refractivity contribution in [2.45, 2.75) is 66.8 Å². The van der Waals surface area contributed by atoms with Gasteiger partial charge in [0.1, 0.15) is 5.69 Å². The summed E-state index contributed by atoms with van der Waals surface area (Å²) in [6.45, 7) is 14.2. The number of benzene rings is 2. The van der Waals surface area contributed by atoms with Crippen LogP contribution >= 0.6 is 0 Å². The molecule has 4 heteroatoms. The lowest BCUT2D eigenvalue weighted by atomic mass is 9.65. The van der Waals surface area contributed by atoms with Crippen molar-refractivity contribution in [2.24, 2.45) is 10.8 Å². The summed E-state index contributed by atoms with van der Waals surface area (Å²) in [6, 6.07) is 16.9. The molecule has 3 aromatic rings. The Hall–Kier alpha value is -2.88. The van der Waals surface area contributed by atoms with E-state index in [1.54, 1.807) is 0 Å².